The summed E-state index contributed by atoms with van der Waals surface area (Å²) in [6, 6.07) is 3.00. The standard InChI is InChI=1S/C11H9N5O3/c1-16-9-7(10(18)15-11(16)19)13-8(14-9)5-2-3-12-6(17)4-5/h2-4H,1H3,(H,12,17)(H,13,14)(H,15,18,19). The summed E-state index contributed by atoms with van der Waals surface area (Å²) < 4.78 is 1.23. The highest BCUT2D eigenvalue weighted by Crippen LogP contribution is 2.15. The van der Waals surface area contributed by atoms with E-state index >= 15 is 0 Å². The van der Waals surface area contributed by atoms with Crippen molar-refractivity contribution >= 4 is 11.2 Å². The molecule has 0 saturated heterocycles. The van der Waals surface area contributed by atoms with E-state index in [-0.39, 0.29) is 16.7 Å². The molecule has 0 bridgehead atoms. The highest BCUT2D eigenvalue weighted by Gasteiger charge is 2.11. The van der Waals surface area contributed by atoms with Gasteiger partial charge in [0.1, 0.15) is 11.3 Å². The molecule has 3 heterocycles. The number of aromatic amines is 3. The zero-order valence-electron chi connectivity index (χ0n) is 9.85. The topological polar surface area (TPSA) is 116 Å². The number of rotatable bonds is 1. The minimum absolute atomic E-state index is 0.192. The van der Waals surface area contributed by atoms with E-state index in [1.807, 2.05) is 0 Å². The molecular formula is C11H9N5O3. The Kier molecular flexibility index (Phi) is 2.24. The largest absolute Gasteiger partial charge is 0.332 e. The molecule has 3 rings (SSSR count). The molecule has 3 N–H and O–H groups in total. The molecule has 0 saturated carbocycles. The van der Waals surface area contributed by atoms with Crippen molar-refractivity contribution < 1.29 is 0 Å². The maximum Gasteiger partial charge on any atom is 0.329 e. The third kappa shape index (κ3) is 1.69. The van der Waals surface area contributed by atoms with Crippen LogP contribution in [0.1, 0.15) is 0 Å². The monoisotopic (exact) mass is 259 g/mol. The zero-order valence-corrected chi connectivity index (χ0v) is 9.85. The van der Waals surface area contributed by atoms with Crippen molar-refractivity contribution in [2.45, 2.75) is 0 Å². The first-order valence-electron chi connectivity index (χ1n) is 5.44. The molecule has 0 radical (unpaired) electrons. The molecule has 3 aromatic heterocycles. The maximum absolute atomic E-state index is 11.7. The van der Waals surface area contributed by atoms with Crippen molar-refractivity contribution in [3.63, 3.8) is 0 Å². The molecule has 0 spiro atoms. The molecule has 0 aliphatic rings. The Labute approximate surface area is 104 Å². The van der Waals surface area contributed by atoms with E-state index < -0.39 is 11.2 Å². The molecule has 0 aliphatic heterocycles. The Morgan fingerprint density at radius 1 is 1.21 bits per heavy atom. The first kappa shape index (κ1) is 11.2. The third-order valence-electron chi connectivity index (χ3n) is 2.80. The second kappa shape index (κ2) is 3.80. The lowest BCUT2D eigenvalue weighted by atomic mass is 10.2. The minimum Gasteiger partial charge on any atom is -0.332 e. The van der Waals surface area contributed by atoms with Crippen LogP contribution in [0.2, 0.25) is 0 Å². The predicted octanol–water partition coefficient (Wildman–Crippen LogP) is -0.695. The van der Waals surface area contributed by atoms with Crippen LogP contribution in [0.15, 0.2) is 32.7 Å². The second-order valence-corrected chi connectivity index (χ2v) is 4.04. The third-order valence-corrected chi connectivity index (χ3v) is 2.80. The fraction of sp³-hybridized carbons (Fsp3) is 0.0909. The summed E-state index contributed by atoms with van der Waals surface area (Å²) in [7, 11) is 1.50. The average Bonchev–Trinajstić information content (AvgIpc) is 2.82. The highest BCUT2D eigenvalue weighted by atomic mass is 16.2. The smallest absolute Gasteiger partial charge is 0.329 e. The normalized spacial score (nSPS) is 11.0. The number of pyridine rings is 1. The van der Waals surface area contributed by atoms with E-state index in [1.165, 1.54) is 23.9 Å². The summed E-state index contributed by atoms with van der Waals surface area (Å²) in [6.07, 6.45) is 1.48. The number of imidazole rings is 1. The Morgan fingerprint density at radius 2 is 2.00 bits per heavy atom. The maximum atomic E-state index is 11.7. The van der Waals surface area contributed by atoms with Crippen molar-refractivity contribution in [3.8, 4) is 11.4 Å². The molecule has 19 heavy (non-hydrogen) atoms. The van der Waals surface area contributed by atoms with Gasteiger partial charge in [-0.25, -0.2) is 9.78 Å². The van der Waals surface area contributed by atoms with Crippen molar-refractivity contribution in [1.29, 1.82) is 0 Å². The molecule has 0 unspecified atom stereocenters. The van der Waals surface area contributed by atoms with Crippen LogP contribution in [-0.2, 0) is 7.05 Å². The first-order valence-corrected chi connectivity index (χ1v) is 5.44. The highest BCUT2D eigenvalue weighted by molar-refractivity contribution is 5.75. The molecule has 0 atom stereocenters. The van der Waals surface area contributed by atoms with E-state index in [2.05, 4.69) is 19.9 Å². The van der Waals surface area contributed by atoms with Gasteiger partial charge in [0.15, 0.2) is 5.65 Å². The predicted molar refractivity (Wildman–Crippen MR) is 68.0 cm³/mol. The van der Waals surface area contributed by atoms with Crippen molar-refractivity contribution in [3.05, 3.63) is 49.5 Å². The summed E-state index contributed by atoms with van der Waals surface area (Å²) in [6.45, 7) is 0. The van der Waals surface area contributed by atoms with Crippen LogP contribution in [0, 0.1) is 0 Å². The van der Waals surface area contributed by atoms with Crippen LogP contribution in [0.25, 0.3) is 22.6 Å². The Morgan fingerprint density at radius 3 is 2.74 bits per heavy atom. The van der Waals surface area contributed by atoms with Gasteiger partial charge >= 0.3 is 5.69 Å². The second-order valence-electron chi connectivity index (χ2n) is 4.04. The molecule has 0 aliphatic carbocycles. The van der Waals surface area contributed by atoms with Crippen LogP contribution in [0.4, 0.5) is 0 Å². The van der Waals surface area contributed by atoms with Gasteiger partial charge in [0, 0.05) is 24.9 Å². The van der Waals surface area contributed by atoms with Gasteiger partial charge in [0.25, 0.3) is 5.56 Å². The van der Waals surface area contributed by atoms with Crippen LogP contribution in [0.3, 0.4) is 0 Å². The molecule has 0 aromatic carbocycles. The van der Waals surface area contributed by atoms with Gasteiger partial charge in [0.2, 0.25) is 5.56 Å². The Bertz CT molecular complexity index is 943. The van der Waals surface area contributed by atoms with Gasteiger partial charge in [-0.15, -0.1) is 0 Å². The van der Waals surface area contributed by atoms with Gasteiger partial charge in [-0.05, 0) is 6.07 Å². The SMILES string of the molecule is Cn1c(=O)[nH]c(=O)c2[nH]c(-c3cc[nH]c(=O)c3)nc21. The molecule has 0 fully saturated rings. The number of aromatic nitrogens is 5. The number of nitrogens with zero attached hydrogens (tertiary/aromatic N) is 2. The summed E-state index contributed by atoms with van der Waals surface area (Å²) in [4.78, 5) is 46.0. The Balaban J connectivity index is 2.37. The molecule has 0 amide bonds. The van der Waals surface area contributed by atoms with E-state index in [0.29, 0.717) is 11.4 Å². The van der Waals surface area contributed by atoms with Gasteiger partial charge in [-0.1, -0.05) is 0 Å². The van der Waals surface area contributed by atoms with Crippen LogP contribution >= 0.6 is 0 Å². The lowest BCUT2D eigenvalue weighted by Gasteiger charge is -1.94. The van der Waals surface area contributed by atoms with E-state index in [1.54, 1.807) is 6.07 Å². The van der Waals surface area contributed by atoms with Crippen LogP contribution < -0.4 is 16.8 Å². The number of fused-ring (bicyclic) bond motifs is 1. The fourth-order valence-corrected chi connectivity index (χ4v) is 1.83. The lowest BCUT2D eigenvalue weighted by molar-refractivity contribution is 0.832. The van der Waals surface area contributed by atoms with Crippen LogP contribution in [-0.4, -0.2) is 24.5 Å². The summed E-state index contributed by atoms with van der Waals surface area (Å²) >= 11 is 0. The number of H-pyrrole nitrogens is 3. The molecule has 8 nitrogen and oxygen atoms in total. The first-order chi connectivity index (χ1) is 9.06. The molecule has 8 heteroatoms. The summed E-state index contributed by atoms with van der Waals surface area (Å²) in [5.74, 6) is 0.354. The number of aryl methyl sites for hydroxylation is 1. The van der Waals surface area contributed by atoms with E-state index in [0.717, 1.165) is 0 Å². The number of hydrogen-bond acceptors (Lipinski definition) is 4. The minimum atomic E-state index is -0.540. The van der Waals surface area contributed by atoms with Gasteiger partial charge < -0.3 is 9.97 Å². The fourth-order valence-electron chi connectivity index (χ4n) is 1.83. The van der Waals surface area contributed by atoms with Gasteiger partial charge in [-0.3, -0.25) is 19.1 Å². The van der Waals surface area contributed by atoms with Crippen molar-refractivity contribution in [2.75, 3.05) is 0 Å². The molecule has 3 aromatic rings. The Hall–Kier alpha value is -2.90. The zero-order chi connectivity index (χ0) is 13.6. The molecule has 96 valence electrons. The summed E-state index contributed by atoms with van der Waals surface area (Å²) in [5.41, 5.74) is -0.392. The average molecular weight is 259 g/mol. The van der Waals surface area contributed by atoms with Crippen molar-refractivity contribution in [1.82, 2.24) is 24.5 Å². The van der Waals surface area contributed by atoms with Gasteiger partial charge in [0.05, 0.1) is 0 Å². The number of hydrogen-bond donors (Lipinski definition) is 3. The van der Waals surface area contributed by atoms with Gasteiger partial charge in [-0.2, -0.15) is 0 Å². The quantitative estimate of drug-likeness (QED) is 0.536. The van der Waals surface area contributed by atoms with E-state index in [9.17, 15) is 14.4 Å². The number of nitrogens with one attached hydrogen (secondary N) is 3. The van der Waals surface area contributed by atoms with Crippen molar-refractivity contribution in [2.24, 2.45) is 7.05 Å². The van der Waals surface area contributed by atoms with Crippen LogP contribution in [0.5, 0.6) is 0 Å². The summed E-state index contributed by atoms with van der Waals surface area (Å²) in [5, 5.41) is 0. The molecular weight excluding hydrogens is 250 g/mol. The lowest BCUT2D eigenvalue weighted by Crippen LogP contribution is -2.28. The van der Waals surface area contributed by atoms with E-state index in [4.69, 9.17) is 0 Å².